The fourth-order valence-electron chi connectivity index (χ4n) is 3.85. The lowest BCUT2D eigenvalue weighted by atomic mass is 9.94. The summed E-state index contributed by atoms with van der Waals surface area (Å²) in [4.78, 5) is 15.0. The Labute approximate surface area is 158 Å². The van der Waals surface area contributed by atoms with Gasteiger partial charge in [-0.2, -0.15) is 13.2 Å². The van der Waals surface area contributed by atoms with Crippen molar-refractivity contribution in [1.29, 1.82) is 0 Å². The molecule has 1 unspecified atom stereocenters. The van der Waals surface area contributed by atoms with Crippen LogP contribution in [0.3, 0.4) is 0 Å². The second-order valence-electron chi connectivity index (χ2n) is 7.42. The zero-order valence-corrected chi connectivity index (χ0v) is 15.6. The van der Waals surface area contributed by atoms with E-state index in [4.69, 9.17) is 0 Å². The number of benzene rings is 2. The summed E-state index contributed by atoms with van der Waals surface area (Å²) in [6, 6.07) is 11.1. The molecule has 144 valence electrons. The van der Waals surface area contributed by atoms with Crippen LogP contribution in [0.4, 0.5) is 13.2 Å². The zero-order valence-electron chi connectivity index (χ0n) is 15.6. The van der Waals surface area contributed by atoms with E-state index < -0.39 is 11.7 Å². The van der Waals surface area contributed by atoms with E-state index in [2.05, 4.69) is 0 Å². The molecule has 27 heavy (non-hydrogen) atoms. The molecular weight excluding hydrogens is 351 g/mol. The summed E-state index contributed by atoms with van der Waals surface area (Å²) in [6.07, 6.45) is -0.886. The smallest absolute Gasteiger partial charge is 0.335 e. The van der Waals surface area contributed by atoms with Gasteiger partial charge in [0.2, 0.25) is 0 Å². The number of amides is 1. The molecule has 0 spiro atoms. The first-order valence-electron chi connectivity index (χ1n) is 9.29. The Morgan fingerprint density at radius 2 is 1.67 bits per heavy atom. The number of hydrogen-bond acceptors (Lipinski definition) is 1. The number of carbonyl (C=O) groups is 1. The minimum Gasteiger partial charge on any atom is -0.335 e. The minimum atomic E-state index is -4.33. The third-order valence-corrected chi connectivity index (χ3v) is 5.11. The van der Waals surface area contributed by atoms with Crippen LogP contribution in [0.5, 0.6) is 0 Å². The predicted octanol–water partition coefficient (Wildman–Crippen LogP) is 5.56. The Balaban J connectivity index is 1.78. The van der Waals surface area contributed by atoms with Crippen LogP contribution in [0.15, 0.2) is 42.5 Å². The number of carbonyl (C=O) groups excluding carboxylic acids is 1. The summed E-state index contributed by atoms with van der Waals surface area (Å²) in [5, 5.41) is 0. The molecule has 0 radical (unpaired) electrons. The van der Waals surface area contributed by atoms with Crippen LogP contribution in [0.25, 0.3) is 0 Å². The molecule has 0 aliphatic carbocycles. The molecule has 3 rings (SSSR count). The highest BCUT2D eigenvalue weighted by Gasteiger charge is 2.31. The van der Waals surface area contributed by atoms with Gasteiger partial charge in [0, 0.05) is 18.2 Å². The van der Waals surface area contributed by atoms with Crippen LogP contribution in [-0.2, 0) is 12.6 Å². The zero-order chi connectivity index (χ0) is 19.6. The molecule has 1 saturated heterocycles. The Morgan fingerprint density at radius 3 is 2.26 bits per heavy atom. The third kappa shape index (κ3) is 4.71. The molecule has 0 N–H and O–H groups in total. The van der Waals surface area contributed by atoms with Crippen LogP contribution < -0.4 is 0 Å². The number of hydrogen-bond donors (Lipinski definition) is 0. The molecule has 0 bridgehead atoms. The molecule has 1 heterocycles. The molecule has 1 aliphatic rings. The molecule has 0 aromatic heterocycles. The van der Waals surface area contributed by atoms with Crippen molar-refractivity contribution in [2.45, 2.75) is 51.7 Å². The molecule has 1 atom stereocenters. The Bertz CT molecular complexity index is 791. The molecular formula is C22H24F3NO. The van der Waals surface area contributed by atoms with Crippen LogP contribution in [0.2, 0.25) is 0 Å². The normalized spacial score (nSPS) is 17.8. The van der Waals surface area contributed by atoms with Crippen molar-refractivity contribution < 1.29 is 18.0 Å². The monoisotopic (exact) mass is 375 g/mol. The highest BCUT2D eigenvalue weighted by atomic mass is 19.4. The standard InChI is InChI=1S/C22H24F3NO/c1-15-11-16(2)13-18(12-15)21(27)26-10-4-3-5-20(26)14-17-6-8-19(9-7-17)22(23,24)25/h6-9,11-13,20H,3-5,10,14H2,1-2H3. The second kappa shape index (κ2) is 7.75. The molecule has 2 aromatic rings. The third-order valence-electron chi connectivity index (χ3n) is 5.11. The van der Waals surface area contributed by atoms with Gasteiger partial charge in [-0.1, -0.05) is 29.3 Å². The number of rotatable bonds is 3. The first-order valence-corrected chi connectivity index (χ1v) is 9.29. The minimum absolute atomic E-state index is 0.0124. The van der Waals surface area contributed by atoms with Gasteiger partial charge in [0.05, 0.1) is 5.56 Å². The molecule has 1 aliphatic heterocycles. The SMILES string of the molecule is Cc1cc(C)cc(C(=O)N2CCCCC2Cc2ccc(C(F)(F)F)cc2)c1. The average molecular weight is 375 g/mol. The predicted molar refractivity (Wildman–Crippen MR) is 99.7 cm³/mol. The Kier molecular flexibility index (Phi) is 5.59. The molecule has 1 fully saturated rings. The van der Waals surface area contributed by atoms with E-state index in [1.165, 1.54) is 12.1 Å². The maximum atomic E-state index is 13.1. The van der Waals surface area contributed by atoms with Gasteiger partial charge in [-0.3, -0.25) is 4.79 Å². The van der Waals surface area contributed by atoms with Crippen molar-refractivity contribution in [1.82, 2.24) is 4.90 Å². The van der Waals surface area contributed by atoms with E-state index in [0.717, 1.165) is 48.1 Å². The molecule has 2 nitrogen and oxygen atoms in total. The van der Waals surface area contributed by atoms with E-state index in [1.807, 2.05) is 36.9 Å². The Hall–Kier alpha value is -2.30. The van der Waals surface area contributed by atoms with Crippen molar-refractivity contribution >= 4 is 5.91 Å². The first-order chi connectivity index (χ1) is 12.7. The molecule has 5 heteroatoms. The number of piperidine rings is 1. The fourth-order valence-corrected chi connectivity index (χ4v) is 3.85. The maximum Gasteiger partial charge on any atom is 0.416 e. The average Bonchev–Trinajstić information content (AvgIpc) is 2.60. The number of alkyl halides is 3. The number of halogens is 3. The van der Waals surface area contributed by atoms with Gasteiger partial charge in [-0.25, -0.2) is 0 Å². The van der Waals surface area contributed by atoms with Gasteiger partial charge in [-0.05, 0) is 69.4 Å². The summed E-state index contributed by atoms with van der Waals surface area (Å²) < 4.78 is 38.2. The summed E-state index contributed by atoms with van der Waals surface area (Å²) in [6.45, 7) is 4.64. The summed E-state index contributed by atoms with van der Waals surface area (Å²) in [5.41, 5.74) is 2.97. The van der Waals surface area contributed by atoms with Crippen LogP contribution in [-0.4, -0.2) is 23.4 Å². The van der Waals surface area contributed by atoms with Crippen molar-refractivity contribution in [3.8, 4) is 0 Å². The number of aryl methyl sites for hydroxylation is 2. The topological polar surface area (TPSA) is 20.3 Å². The molecule has 0 saturated carbocycles. The number of nitrogens with zero attached hydrogens (tertiary/aromatic N) is 1. The van der Waals surface area contributed by atoms with Gasteiger partial charge >= 0.3 is 6.18 Å². The van der Waals surface area contributed by atoms with E-state index in [0.29, 0.717) is 18.5 Å². The first kappa shape index (κ1) is 19.5. The van der Waals surface area contributed by atoms with Crippen molar-refractivity contribution in [2.24, 2.45) is 0 Å². The maximum absolute atomic E-state index is 13.1. The van der Waals surface area contributed by atoms with Gasteiger partial charge in [-0.15, -0.1) is 0 Å². The largest absolute Gasteiger partial charge is 0.416 e. The van der Waals surface area contributed by atoms with E-state index in [1.54, 1.807) is 0 Å². The van der Waals surface area contributed by atoms with Crippen molar-refractivity contribution in [2.75, 3.05) is 6.54 Å². The van der Waals surface area contributed by atoms with Gasteiger partial charge in [0.25, 0.3) is 5.91 Å². The molecule has 2 aromatic carbocycles. The lowest BCUT2D eigenvalue weighted by molar-refractivity contribution is -0.137. The van der Waals surface area contributed by atoms with E-state index in [-0.39, 0.29) is 11.9 Å². The highest BCUT2D eigenvalue weighted by molar-refractivity contribution is 5.95. The van der Waals surface area contributed by atoms with Crippen molar-refractivity contribution in [3.63, 3.8) is 0 Å². The van der Waals surface area contributed by atoms with Gasteiger partial charge < -0.3 is 4.90 Å². The van der Waals surface area contributed by atoms with Crippen LogP contribution >= 0.6 is 0 Å². The highest BCUT2D eigenvalue weighted by Crippen LogP contribution is 2.30. The lowest BCUT2D eigenvalue weighted by Crippen LogP contribution is -2.44. The summed E-state index contributed by atoms with van der Waals surface area (Å²) >= 11 is 0. The van der Waals surface area contributed by atoms with Crippen LogP contribution in [0, 0.1) is 13.8 Å². The van der Waals surface area contributed by atoms with E-state index >= 15 is 0 Å². The van der Waals surface area contributed by atoms with Crippen molar-refractivity contribution in [3.05, 3.63) is 70.3 Å². The lowest BCUT2D eigenvalue weighted by Gasteiger charge is -2.36. The van der Waals surface area contributed by atoms with E-state index in [9.17, 15) is 18.0 Å². The summed E-state index contributed by atoms with van der Waals surface area (Å²) in [5.74, 6) is 0.0124. The molecule has 1 amide bonds. The Morgan fingerprint density at radius 1 is 1.04 bits per heavy atom. The fraction of sp³-hybridized carbons (Fsp3) is 0.409. The number of likely N-dealkylation sites (tertiary alicyclic amines) is 1. The van der Waals surface area contributed by atoms with Gasteiger partial charge in [0.1, 0.15) is 0 Å². The van der Waals surface area contributed by atoms with Gasteiger partial charge in [0.15, 0.2) is 0 Å². The second-order valence-corrected chi connectivity index (χ2v) is 7.42. The summed E-state index contributed by atoms with van der Waals surface area (Å²) in [7, 11) is 0. The quantitative estimate of drug-likeness (QED) is 0.688. The van der Waals surface area contributed by atoms with Crippen LogP contribution in [0.1, 0.15) is 51.9 Å².